The molecule has 0 aromatic heterocycles. The summed E-state index contributed by atoms with van der Waals surface area (Å²) in [7, 11) is 0. The maximum atomic E-state index is 12.5. The molecule has 256 valence electrons. The summed E-state index contributed by atoms with van der Waals surface area (Å²) in [4.78, 5) is 23.1. The Morgan fingerprint density at radius 3 is 1.48 bits per heavy atom. The number of carbonyl (C=O) groups excluding carboxylic acids is 1. The molecule has 44 heavy (non-hydrogen) atoms. The van der Waals surface area contributed by atoms with Crippen LogP contribution in [0, 0.1) is 0 Å². The van der Waals surface area contributed by atoms with Crippen LogP contribution in [0.2, 0.25) is 0 Å². The molecule has 1 N–H and O–H groups in total. The van der Waals surface area contributed by atoms with Gasteiger partial charge in [0.05, 0.1) is 0 Å². The standard InChI is InChI=1S/C40H72O4/c1-3-5-7-8-9-10-11-12-13-17-20-23-26-29-33-37-40(43)44-38(34-30-6-4-2)35-31-27-24-21-18-15-14-16-19-22-25-28-32-36-39(41)42/h5,7,9-10,12-13,38H,3-4,6,8,11,14-37H2,1-2H3,(H,41,42)/b7-5-,10-9-,13-12-. The summed E-state index contributed by atoms with van der Waals surface area (Å²) < 4.78 is 5.96. The third-order valence-electron chi connectivity index (χ3n) is 8.38. The van der Waals surface area contributed by atoms with E-state index in [4.69, 9.17) is 9.84 Å². The highest BCUT2D eigenvalue weighted by Crippen LogP contribution is 2.18. The Labute approximate surface area is 273 Å². The zero-order valence-corrected chi connectivity index (χ0v) is 29.2. The van der Waals surface area contributed by atoms with Gasteiger partial charge in [0, 0.05) is 12.8 Å². The minimum atomic E-state index is -0.669. The number of esters is 1. The fraction of sp³-hybridized carbons (Fsp3) is 0.800. The number of carbonyl (C=O) groups is 2. The molecule has 0 aromatic rings. The highest BCUT2D eigenvalue weighted by Gasteiger charge is 2.14. The van der Waals surface area contributed by atoms with E-state index in [1.54, 1.807) is 0 Å². The molecule has 0 spiro atoms. The van der Waals surface area contributed by atoms with Gasteiger partial charge in [0.25, 0.3) is 0 Å². The number of rotatable bonds is 34. The minimum Gasteiger partial charge on any atom is -0.481 e. The predicted molar refractivity (Wildman–Crippen MR) is 190 cm³/mol. The van der Waals surface area contributed by atoms with E-state index >= 15 is 0 Å². The average molecular weight is 617 g/mol. The van der Waals surface area contributed by atoms with Gasteiger partial charge < -0.3 is 9.84 Å². The highest BCUT2D eigenvalue weighted by atomic mass is 16.5. The monoisotopic (exact) mass is 617 g/mol. The van der Waals surface area contributed by atoms with Crippen LogP contribution in [-0.2, 0) is 14.3 Å². The van der Waals surface area contributed by atoms with Crippen LogP contribution in [0.3, 0.4) is 0 Å². The van der Waals surface area contributed by atoms with Crippen molar-refractivity contribution in [1.82, 2.24) is 0 Å². The molecule has 0 aliphatic rings. The Morgan fingerprint density at radius 2 is 0.955 bits per heavy atom. The summed E-state index contributed by atoms with van der Waals surface area (Å²) in [5.74, 6) is -0.648. The molecule has 0 aliphatic carbocycles. The van der Waals surface area contributed by atoms with Gasteiger partial charge in [-0.2, -0.15) is 0 Å². The third kappa shape index (κ3) is 34.6. The van der Waals surface area contributed by atoms with Crippen molar-refractivity contribution in [2.75, 3.05) is 0 Å². The zero-order valence-electron chi connectivity index (χ0n) is 29.2. The molecule has 0 amide bonds. The molecule has 0 saturated carbocycles. The topological polar surface area (TPSA) is 63.6 Å². The Hall–Kier alpha value is -1.84. The molecule has 0 saturated heterocycles. The van der Waals surface area contributed by atoms with E-state index in [9.17, 15) is 9.59 Å². The number of hydrogen-bond donors (Lipinski definition) is 1. The number of aliphatic carboxylic acids is 1. The van der Waals surface area contributed by atoms with Crippen molar-refractivity contribution in [3.8, 4) is 0 Å². The van der Waals surface area contributed by atoms with Crippen LogP contribution in [0.4, 0.5) is 0 Å². The van der Waals surface area contributed by atoms with Crippen LogP contribution >= 0.6 is 0 Å². The Balaban J connectivity index is 3.76. The quantitative estimate of drug-likeness (QED) is 0.0444. The smallest absolute Gasteiger partial charge is 0.306 e. The van der Waals surface area contributed by atoms with E-state index in [2.05, 4.69) is 50.3 Å². The summed E-state index contributed by atoms with van der Waals surface area (Å²) in [5.41, 5.74) is 0. The van der Waals surface area contributed by atoms with Crippen molar-refractivity contribution in [2.45, 2.75) is 206 Å². The summed E-state index contributed by atoms with van der Waals surface area (Å²) in [6, 6.07) is 0. The average Bonchev–Trinajstić information content (AvgIpc) is 3.00. The van der Waals surface area contributed by atoms with E-state index in [0.717, 1.165) is 70.6 Å². The minimum absolute atomic E-state index is 0.0212. The zero-order chi connectivity index (χ0) is 32.2. The second-order valence-electron chi connectivity index (χ2n) is 12.7. The molecule has 1 atom stereocenters. The van der Waals surface area contributed by atoms with Crippen LogP contribution in [-0.4, -0.2) is 23.1 Å². The van der Waals surface area contributed by atoms with E-state index in [1.807, 2.05) is 0 Å². The fourth-order valence-corrected chi connectivity index (χ4v) is 5.61. The molecule has 0 bridgehead atoms. The van der Waals surface area contributed by atoms with Crippen molar-refractivity contribution in [2.24, 2.45) is 0 Å². The predicted octanol–water partition coefficient (Wildman–Crippen LogP) is 13.0. The van der Waals surface area contributed by atoms with E-state index in [1.165, 1.54) is 103 Å². The molecule has 4 heteroatoms. The summed E-state index contributed by atoms with van der Waals surface area (Å²) >= 11 is 0. The van der Waals surface area contributed by atoms with Crippen molar-refractivity contribution in [1.29, 1.82) is 0 Å². The number of carboxylic acid groups (broad SMARTS) is 1. The lowest BCUT2D eigenvalue weighted by Crippen LogP contribution is -2.18. The third-order valence-corrected chi connectivity index (χ3v) is 8.38. The first kappa shape index (κ1) is 42.2. The van der Waals surface area contributed by atoms with Gasteiger partial charge in [-0.25, -0.2) is 0 Å². The summed E-state index contributed by atoms with van der Waals surface area (Å²) in [6.45, 7) is 4.39. The van der Waals surface area contributed by atoms with Gasteiger partial charge in [-0.1, -0.05) is 153 Å². The number of allylic oxidation sites excluding steroid dienone is 6. The van der Waals surface area contributed by atoms with Crippen LogP contribution < -0.4 is 0 Å². The van der Waals surface area contributed by atoms with Crippen LogP contribution in [0.1, 0.15) is 200 Å². The molecule has 0 aliphatic heterocycles. The Kier molecular flexibility index (Phi) is 34.1. The molecule has 0 heterocycles. The number of unbranched alkanes of at least 4 members (excludes halogenated alkanes) is 19. The maximum Gasteiger partial charge on any atom is 0.306 e. The lowest BCUT2D eigenvalue weighted by atomic mass is 10.0. The van der Waals surface area contributed by atoms with Gasteiger partial charge in [0.15, 0.2) is 0 Å². The van der Waals surface area contributed by atoms with Gasteiger partial charge >= 0.3 is 11.9 Å². The molecule has 0 radical (unpaired) electrons. The number of hydrogen-bond acceptors (Lipinski definition) is 3. The largest absolute Gasteiger partial charge is 0.481 e. The molecule has 4 nitrogen and oxygen atoms in total. The first-order valence-corrected chi connectivity index (χ1v) is 19.0. The first-order valence-electron chi connectivity index (χ1n) is 19.0. The van der Waals surface area contributed by atoms with Gasteiger partial charge in [-0.15, -0.1) is 0 Å². The van der Waals surface area contributed by atoms with E-state index in [0.29, 0.717) is 12.8 Å². The van der Waals surface area contributed by atoms with Gasteiger partial charge in [0.2, 0.25) is 0 Å². The normalized spacial score (nSPS) is 12.6. The first-order chi connectivity index (χ1) is 21.6. The summed E-state index contributed by atoms with van der Waals surface area (Å²) in [5, 5.41) is 8.67. The molecule has 0 aromatic carbocycles. The summed E-state index contributed by atoms with van der Waals surface area (Å²) in [6.07, 6.45) is 46.2. The SMILES string of the molecule is CC/C=C\C/C=C\C/C=C\CCCCCCCC(=O)OC(CCCCC)CCCCCCCCCCCCCCCC(=O)O. The van der Waals surface area contributed by atoms with Gasteiger partial charge in [-0.05, 0) is 70.6 Å². The van der Waals surface area contributed by atoms with Gasteiger partial charge in [0.1, 0.15) is 6.10 Å². The number of carboxylic acids is 1. The van der Waals surface area contributed by atoms with Crippen molar-refractivity contribution >= 4 is 11.9 Å². The van der Waals surface area contributed by atoms with E-state index < -0.39 is 5.97 Å². The molecular weight excluding hydrogens is 544 g/mol. The second kappa shape index (κ2) is 35.6. The lowest BCUT2D eigenvalue weighted by Gasteiger charge is -2.18. The lowest BCUT2D eigenvalue weighted by molar-refractivity contribution is -0.150. The van der Waals surface area contributed by atoms with Crippen molar-refractivity contribution < 1.29 is 19.4 Å². The molecule has 0 fully saturated rings. The maximum absolute atomic E-state index is 12.5. The highest BCUT2D eigenvalue weighted by molar-refractivity contribution is 5.69. The van der Waals surface area contributed by atoms with Gasteiger partial charge in [-0.3, -0.25) is 9.59 Å². The molecular formula is C40H72O4. The van der Waals surface area contributed by atoms with Crippen LogP contribution in [0.25, 0.3) is 0 Å². The van der Waals surface area contributed by atoms with Crippen molar-refractivity contribution in [3.05, 3.63) is 36.5 Å². The Morgan fingerprint density at radius 1 is 0.523 bits per heavy atom. The second-order valence-corrected chi connectivity index (χ2v) is 12.7. The molecule has 1 unspecified atom stereocenters. The fourth-order valence-electron chi connectivity index (χ4n) is 5.61. The molecule has 0 rings (SSSR count). The van der Waals surface area contributed by atoms with E-state index in [-0.39, 0.29) is 12.1 Å². The number of ether oxygens (including phenoxy) is 1. The van der Waals surface area contributed by atoms with Crippen LogP contribution in [0.15, 0.2) is 36.5 Å². The van der Waals surface area contributed by atoms with Crippen molar-refractivity contribution in [3.63, 3.8) is 0 Å². The Bertz CT molecular complexity index is 708. The van der Waals surface area contributed by atoms with Crippen LogP contribution in [0.5, 0.6) is 0 Å².